The summed E-state index contributed by atoms with van der Waals surface area (Å²) in [6.07, 6.45) is 0. The van der Waals surface area contributed by atoms with E-state index in [9.17, 15) is 5.11 Å². The van der Waals surface area contributed by atoms with Gasteiger partial charge in [-0.25, -0.2) is 0 Å². The van der Waals surface area contributed by atoms with E-state index in [1.165, 1.54) is 0 Å². The zero-order chi connectivity index (χ0) is 11.7. The van der Waals surface area contributed by atoms with E-state index in [2.05, 4.69) is 31.9 Å². The molecular formula is C12H7Br2ClO. The van der Waals surface area contributed by atoms with Crippen LogP contribution in [0, 0.1) is 0 Å². The summed E-state index contributed by atoms with van der Waals surface area (Å²) in [5, 5.41) is 9.89. The molecule has 2 aromatic carbocycles. The van der Waals surface area contributed by atoms with E-state index in [0.717, 1.165) is 20.1 Å². The second-order valence-electron chi connectivity index (χ2n) is 3.29. The van der Waals surface area contributed by atoms with Crippen molar-refractivity contribution in [2.24, 2.45) is 0 Å². The van der Waals surface area contributed by atoms with E-state index in [1.807, 2.05) is 24.3 Å². The van der Waals surface area contributed by atoms with Crippen molar-refractivity contribution in [2.45, 2.75) is 0 Å². The predicted octanol–water partition coefficient (Wildman–Crippen LogP) is 5.24. The number of aromatic hydroxyl groups is 1. The molecule has 0 amide bonds. The third-order valence-electron chi connectivity index (χ3n) is 2.16. The van der Waals surface area contributed by atoms with Gasteiger partial charge >= 0.3 is 0 Å². The molecule has 0 bridgehead atoms. The van der Waals surface area contributed by atoms with Crippen LogP contribution in [-0.4, -0.2) is 5.11 Å². The molecule has 1 N–H and O–H groups in total. The Hall–Kier alpha value is -0.510. The topological polar surface area (TPSA) is 20.2 Å². The van der Waals surface area contributed by atoms with Crippen LogP contribution in [0.4, 0.5) is 0 Å². The minimum Gasteiger partial charge on any atom is -0.508 e. The Morgan fingerprint density at radius 2 is 1.62 bits per heavy atom. The van der Waals surface area contributed by atoms with Crippen LogP contribution in [0.2, 0.25) is 5.02 Å². The van der Waals surface area contributed by atoms with Gasteiger partial charge in [-0.2, -0.15) is 0 Å². The van der Waals surface area contributed by atoms with Crippen LogP contribution >= 0.6 is 43.5 Å². The van der Waals surface area contributed by atoms with Crippen molar-refractivity contribution in [3.8, 4) is 16.9 Å². The summed E-state index contributed by atoms with van der Waals surface area (Å²) in [5.74, 6) is 0.244. The Morgan fingerprint density at radius 3 is 2.19 bits per heavy atom. The standard InChI is InChI=1S/C12H7Br2ClO/c13-8-5-10(14)12(11(15)6-8)7-1-3-9(16)4-2-7/h1-6,16H. The van der Waals surface area contributed by atoms with Gasteiger partial charge in [-0.1, -0.05) is 55.6 Å². The largest absolute Gasteiger partial charge is 0.508 e. The van der Waals surface area contributed by atoms with E-state index in [4.69, 9.17) is 11.6 Å². The number of phenolic OH excluding ortho intramolecular Hbond substituents is 1. The Morgan fingerprint density at radius 1 is 1.00 bits per heavy atom. The van der Waals surface area contributed by atoms with Gasteiger partial charge in [0.1, 0.15) is 5.75 Å². The van der Waals surface area contributed by atoms with E-state index >= 15 is 0 Å². The molecule has 0 saturated carbocycles. The summed E-state index contributed by atoms with van der Waals surface area (Å²) in [6.45, 7) is 0. The fourth-order valence-corrected chi connectivity index (χ4v) is 3.47. The van der Waals surface area contributed by atoms with Gasteiger partial charge in [0.25, 0.3) is 0 Å². The smallest absolute Gasteiger partial charge is 0.115 e. The fraction of sp³-hybridized carbons (Fsp3) is 0. The number of halogens is 3. The van der Waals surface area contributed by atoms with Gasteiger partial charge in [0.15, 0.2) is 0 Å². The second-order valence-corrected chi connectivity index (χ2v) is 5.47. The Bertz CT molecular complexity index is 500. The quantitative estimate of drug-likeness (QED) is 0.736. The van der Waals surface area contributed by atoms with Crippen molar-refractivity contribution in [3.05, 3.63) is 50.4 Å². The highest BCUT2D eigenvalue weighted by atomic mass is 79.9. The van der Waals surface area contributed by atoms with Gasteiger partial charge < -0.3 is 5.11 Å². The average Bonchev–Trinajstić information content (AvgIpc) is 2.19. The molecule has 0 aliphatic rings. The van der Waals surface area contributed by atoms with Gasteiger partial charge in [-0.05, 0) is 29.8 Å². The predicted molar refractivity (Wildman–Crippen MR) is 74.0 cm³/mol. The summed E-state index contributed by atoms with van der Waals surface area (Å²) in [7, 11) is 0. The van der Waals surface area contributed by atoms with Crippen molar-refractivity contribution in [1.82, 2.24) is 0 Å². The lowest BCUT2D eigenvalue weighted by molar-refractivity contribution is 0.475. The maximum absolute atomic E-state index is 9.23. The summed E-state index contributed by atoms with van der Waals surface area (Å²) in [5.41, 5.74) is 1.88. The first-order valence-corrected chi connectivity index (χ1v) is 6.48. The summed E-state index contributed by atoms with van der Waals surface area (Å²) in [4.78, 5) is 0. The molecule has 2 rings (SSSR count). The molecule has 82 valence electrons. The first kappa shape index (κ1) is 12.0. The maximum Gasteiger partial charge on any atom is 0.115 e. The number of phenols is 1. The van der Waals surface area contributed by atoms with Crippen LogP contribution < -0.4 is 0 Å². The lowest BCUT2D eigenvalue weighted by atomic mass is 10.1. The van der Waals surface area contributed by atoms with E-state index in [1.54, 1.807) is 12.1 Å². The Kier molecular flexibility index (Phi) is 3.57. The Balaban J connectivity index is 2.60. The van der Waals surface area contributed by atoms with Crippen LogP contribution in [-0.2, 0) is 0 Å². The minimum atomic E-state index is 0.244. The molecular weight excluding hydrogens is 355 g/mol. The van der Waals surface area contributed by atoms with E-state index in [0.29, 0.717) is 5.02 Å². The molecule has 0 atom stereocenters. The van der Waals surface area contributed by atoms with Crippen molar-refractivity contribution >= 4 is 43.5 Å². The molecule has 0 saturated heterocycles. The third kappa shape index (κ3) is 2.42. The van der Waals surface area contributed by atoms with Crippen LogP contribution in [0.15, 0.2) is 45.3 Å². The van der Waals surface area contributed by atoms with Gasteiger partial charge in [0.2, 0.25) is 0 Å². The highest BCUT2D eigenvalue weighted by molar-refractivity contribution is 9.11. The van der Waals surface area contributed by atoms with Crippen molar-refractivity contribution in [3.63, 3.8) is 0 Å². The number of benzene rings is 2. The molecule has 0 spiro atoms. The van der Waals surface area contributed by atoms with Crippen LogP contribution in [0.25, 0.3) is 11.1 Å². The van der Waals surface area contributed by atoms with Gasteiger partial charge in [-0.15, -0.1) is 0 Å². The zero-order valence-corrected chi connectivity index (χ0v) is 12.0. The summed E-state index contributed by atoms with van der Waals surface area (Å²) in [6, 6.07) is 10.7. The fourth-order valence-electron chi connectivity index (χ4n) is 1.45. The second kappa shape index (κ2) is 4.78. The van der Waals surface area contributed by atoms with Gasteiger partial charge in [-0.3, -0.25) is 0 Å². The SMILES string of the molecule is Oc1ccc(-c2c(Cl)cc(Br)cc2Br)cc1. The number of rotatable bonds is 1. The third-order valence-corrected chi connectivity index (χ3v) is 3.54. The average molecular weight is 362 g/mol. The first-order valence-electron chi connectivity index (χ1n) is 4.52. The highest BCUT2D eigenvalue weighted by Crippen LogP contribution is 2.37. The van der Waals surface area contributed by atoms with Crippen molar-refractivity contribution in [2.75, 3.05) is 0 Å². The number of hydrogen-bond acceptors (Lipinski definition) is 1. The van der Waals surface area contributed by atoms with Crippen LogP contribution in [0.5, 0.6) is 5.75 Å². The van der Waals surface area contributed by atoms with Crippen molar-refractivity contribution in [1.29, 1.82) is 0 Å². The summed E-state index contributed by atoms with van der Waals surface area (Å²) < 4.78 is 1.84. The number of hydrogen-bond donors (Lipinski definition) is 1. The molecule has 16 heavy (non-hydrogen) atoms. The van der Waals surface area contributed by atoms with Crippen LogP contribution in [0.3, 0.4) is 0 Å². The van der Waals surface area contributed by atoms with Crippen molar-refractivity contribution < 1.29 is 5.11 Å². The molecule has 2 aromatic rings. The monoisotopic (exact) mass is 360 g/mol. The normalized spacial score (nSPS) is 10.4. The maximum atomic E-state index is 9.23. The molecule has 0 radical (unpaired) electrons. The van der Waals surface area contributed by atoms with Crippen LogP contribution in [0.1, 0.15) is 0 Å². The van der Waals surface area contributed by atoms with Gasteiger partial charge in [0.05, 0.1) is 5.02 Å². The molecule has 0 aromatic heterocycles. The molecule has 1 nitrogen and oxygen atoms in total. The molecule has 0 aliphatic carbocycles. The first-order chi connectivity index (χ1) is 7.58. The molecule has 0 aliphatic heterocycles. The van der Waals surface area contributed by atoms with Gasteiger partial charge in [0, 0.05) is 14.5 Å². The summed E-state index contributed by atoms with van der Waals surface area (Å²) >= 11 is 13.0. The molecule has 4 heteroatoms. The highest BCUT2D eigenvalue weighted by Gasteiger charge is 2.09. The minimum absolute atomic E-state index is 0.244. The molecule has 0 heterocycles. The molecule has 0 fully saturated rings. The van der Waals surface area contributed by atoms with E-state index in [-0.39, 0.29) is 5.75 Å². The lowest BCUT2D eigenvalue weighted by Crippen LogP contribution is -1.82. The lowest BCUT2D eigenvalue weighted by Gasteiger charge is -2.08. The zero-order valence-electron chi connectivity index (χ0n) is 8.05. The molecule has 0 unspecified atom stereocenters. The van der Waals surface area contributed by atoms with E-state index < -0.39 is 0 Å². The Labute approximate surface area is 115 Å².